The average Bonchev–Trinajstić information content (AvgIpc) is 2.74. The second kappa shape index (κ2) is 8.37. The molecular weight excluding hydrogens is 362 g/mol. The molecule has 0 spiro atoms. The Hall–Kier alpha value is -2.04. The fraction of sp³-hybridized carbons (Fsp3) is 0.520. The third-order valence-corrected chi connectivity index (χ3v) is 6.93. The maximum Gasteiger partial charge on any atom is 0.123 e. The molecule has 3 unspecified atom stereocenters. The minimum atomic E-state index is -0.583. The summed E-state index contributed by atoms with van der Waals surface area (Å²) in [6.07, 6.45) is 5.08. The number of methoxy groups -OCH3 is 2. The van der Waals surface area contributed by atoms with E-state index in [1.54, 1.807) is 14.2 Å². The van der Waals surface area contributed by atoms with Gasteiger partial charge in [0.1, 0.15) is 11.5 Å². The first-order valence-corrected chi connectivity index (χ1v) is 10.8. The van der Waals surface area contributed by atoms with Crippen LogP contribution in [0.4, 0.5) is 0 Å². The molecule has 29 heavy (non-hydrogen) atoms. The average molecular weight is 396 g/mol. The topological polar surface area (TPSA) is 41.9 Å². The van der Waals surface area contributed by atoms with Crippen molar-refractivity contribution >= 4 is 0 Å². The molecule has 2 aliphatic rings. The molecule has 2 aromatic carbocycles. The van der Waals surface area contributed by atoms with Gasteiger partial charge in [0.25, 0.3) is 0 Å². The highest BCUT2D eigenvalue weighted by molar-refractivity contribution is 5.43. The summed E-state index contributed by atoms with van der Waals surface area (Å²) in [6, 6.07) is 15.0. The van der Waals surface area contributed by atoms with Gasteiger partial charge in [0.2, 0.25) is 0 Å². The van der Waals surface area contributed by atoms with Gasteiger partial charge in [0.15, 0.2) is 0 Å². The number of likely N-dealkylation sites (tertiary alicyclic amines) is 1. The van der Waals surface area contributed by atoms with Crippen molar-refractivity contribution in [2.45, 2.75) is 57.2 Å². The molecule has 3 atom stereocenters. The van der Waals surface area contributed by atoms with Crippen LogP contribution in [0.1, 0.15) is 54.8 Å². The normalized spacial score (nSPS) is 27.3. The quantitative estimate of drug-likeness (QED) is 0.783. The molecule has 2 aromatic rings. The van der Waals surface area contributed by atoms with Gasteiger partial charge >= 0.3 is 0 Å². The van der Waals surface area contributed by atoms with Crippen LogP contribution in [0.15, 0.2) is 42.5 Å². The molecule has 0 amide bonds. The number of piperidine rings is 1. The molecule has 0 aromatic heterocycles. The number of benzene rings is 2. The minimum Gasteiger partial charge on any atom is -0.497 e. The number of ether oxygens (including phenoxy) is 2. The Balaban J connectivity index is 1.75. The van der Waals surface area contributed by atoms with Crippen molar-refractivity contribution in [3.8, 4) is 11.5 Å². The van der Waals surface area contributed by atoms with E-state index in [-0.39, 0.29) is 12.0 Å². The van der Waals surface area contributed by atoms with Gasteiger partial charge in [0.05, 0.1) is 19.8 Å². The van der Waals surface area contributed by atoms with Gasteiger partial charge in [-0.05, 0) is 49.9 Å². The lowest BCUT2D eigenvalue weighted by atomic mass is 9.66. The number of hydrogen-bond acceptors (Lipinski definition) is 4. The van der Waals surface area contributed by atoms with Gasteiger partial charge < -0.3 is 14.6 Å². The third kappa shape index (κ3) is 4.01. The van der Waals surface area contributed by atoms with Crippen molar-refractivity contribution in [3.05, 3.63) is 59.2 Å². The van der Waals surface area contributed by atoms with Crippen molar-refractivity contribution in [1.29, 1.82) is 0 Å². The van der Waals surface area contributed by atoms with Crippen LogP contribution < -0.4 is 9.47 Å². The van der Waals surface area contributed by atoms with E-state index in [1.807, 2.05) is 12.1 Å². The molecule has 1 aliphatic heterocycles. The standard InChI is InChI=1S/C25H33NO3/c1-18-7-9-19(10-8-18)17-26-15-14-25(27)13-5-4-6-22(25)24(26)21-16-20(28-2)11-12-23(21)29-3/h7-12,16,22,24,27H,4-6,13-15,17H2,1-3H3. The summed E-state index contributed by atoms with van der Waals surface area (Å²) >= 11 is 0. The summed E-state index contributed by atoms with van der Waals surface area (Å²) in [5.74, 6) is 1.91. The summed E-state index contributed by atoms with van der Waals surface area (Å²) in [6.45, 7) is 3.88. The highest BCUT2D eigenvalue weighted by Gasteiger charge is 2.49. The molecule has 2 fully saturated rings. The van der Waals surface area contributed by atoms with Gasteiger partial charge in [-0.2, -0.15) is 0 Å². The number of fused-ring (bicyclic) bond motifs is 1. The molecule has 1 saturated heterocycles. The van der Waals surface area contributed by atoms with Crippen LogP contribution in [-0.2, 0) is 6.54 Å². The van der Waals surface area contributed by atoms with E-state index in [1.165, 1.54) is 17.5 Å². The summed E-state index contributed by atoms with van der Waals surface area (Å²) in [5, 5.41) is 11.5. The molecule has 4 rings (SSSR count). The smallest absolute Gasteiger partial charge is 0.123 e. The maximum absolute atomic E-state index is 11.5. The Labute approximate surface area is 174 Å². The zero-order chi connectivity index (χ0) is 20.4. The van der Waals surface area contributed by atoms with E-state index < -0.39 is 5.60 Å². The third-order valence-electron chi connectivity index (χ3n) is 6.93. The van der Waals surface area contributed by atoms with Crippen molar-refractivity contribution in [3.63, 3.8) is 0 Å². The lowest BCUT2D eigenvalue weighted by Crippen LogP contribution is -2.54. The summed E-state index contributed by atoms with van der Waals surface area (Å²) < 4.78 is 11.3. The SMILES string of the molecule is COc1ccc(OC)c(C2C3CCCCC3(O)CCN2Cc2ccc(C)cc2)c1. The van der Waals surface area contributed by atoms with Crippen molar-refractivity contribution in [2.75, 3.05) is 20.8 Å². The molecule has 1 N–H and O–H groups in total. The van der Waals surface area contributed by atoms with Gasteiger partial charge in [-0.3, -0.25) is 4.90 Å². The van der Waals surface area contributed by atoms with Crippen molar-refractivity contribution in [1.82, 2.24) is 4.90 Å². The lowest BCUT2D eigenvalue weighted by molar-refractivity contribution is -0.126. The van der Waals surface area contributed by atoms with Crippen molar-refractivity contribution in [2.24, 2.45) is 5.92 Å². The van der Waals surface area contributed by atoms with E-state index >= 15 is 0 Å². The van der Waals surface area contributed by atoms with Crippen LogP contribution in [0, 0.1) is 12.8 Å². The van der Waals surface area contributed by atoms with Crippen LogP contribution in [0.5, 0.6) is 11.5 Å². The molecule has 156 valence electrons. The molecule has 1 saturated carbocycles. The minimum absolute atomic E-state index is 0.111. The van der Waals surface area contributed by atoms with Crippen molar-refractivity contribution < 1.29 is 14.6 Å². The number of rotatable bonds is 5. The van der Waals surface area contributed by atoms with Gasteiger partial charge in [-0.15, -0.1) is 0 Å². The molecule has 0 bridgehead atoms. The number of hydrogen-bond donors (Lipinski definition) is 1. The fourth-order valence-electron chi connectivity index (χ4n) is 5.33. The number of nitrogens with zero attached hydrogens (tertiary/aromatic N) is 1. The zero-order valence-electron chi connectivity index (χ0n) is 17.9. The number of aryl methyl sites for hydroxylation is 1. The van der Waals surface area contributed by atoms with Gasteiger partial charge in [0, 0.05) is 30.6 Å². The Morgan fingerprint density at radius 1 is 1.03 bits per heavy atom. The lowest BCUT2D eigenvalue weighted by Gasteiger charge is -2.53. The van der Waals surface area contributed by atoms with Crippen LogP contribution in [0.2, 0.25) is 0 Å². The summed E-state index contributed by atoms with van der Waals surface area (Å²) in [7, 11) is 3.43. The summed E-state index contributed by atoms with van der Waals surface area (Å²) in [5.41, 5.74) is 3.13. The predicted molar refractivity (Wildman–Crippen MR) is 115 cm³/mol. The molecule has 1 heterocycles. The molecule has 0 radical (unpaired) electrons. The number of aliphatic hydroxyl groups is 1. The zero-order valence-corrected chi connectivity index (χ0v) is 17.9. The Bertz CT molecular complexity index is 834. The second-order valence-electron chi connectivity index (χ2n) is 8.71. The largest absolute Gasteiger partial charge is 0.497 e. The highest BCUT2D eigenvalue weighted by atomic mass is 16.5. The van der Waals surface area contributed by atoms with E-state index in [0.717, 1.165) is 55.8 Å². The first kappa shape index (κ1) is 20.2. The molecule has 4 heteroatoms. The van der Waals surface area contributed by atoms with Gasteiger partial charge in [-0.25, -0.2) is 0 Å². The van der Waals surface area contributed by atoms with Gasteiger partial charge in [-0.1, -0.05) is 42.7 Å². The fourth-order valence-corrected chi connectivity index (χ4v) is 5.33. The van der Waals surface area contributed by atoms with E-state index in [0.29, 0.717) is 0 Å². The Morgan fingerprint density at radius 3 is 2.55 bits per heavy atom. The second-order valence-corrected chi connectivity index (χ2v) is 8.71. The molecule has 1 aliphatic carbocycles. The van der Waals surface area contributed by atoms with Crippen LogP contribution in [0.3, 0.4) is 0 Å². The molecule has 4 nitrogen and oxygen atoms in total. The first-order chi connectivity index (χ1) is 14.0. The Kier molecular flexibility index (Phi) is 5.84. The predicted octanol–water partition coefficient (Wildman–Crippen LogP) is 4.88. The first-order valence-electron chi connectivity index (χ1n) is 10.8. The van der Waals surface area contributed by atoms with E-state index in [2.05, 4.69) is 42.2 Å². The Morgan fingerprint density at radius 2 is 1.83 bits per heavy atom. The monoisotopic (exact) mass is 395 g/mol. The van der Waals surface area contributed by atoms with E-state index in [9.17, 15) is 5.11 Å². The van der Waals surface area contributed by atoms with Crippen LogP contribution in [0.25, 0.3) is 0 Å². The van der Waals surface area contributed by atoms with Crippen LogP contribution >= 0.6 is 0 Å². The molecular formula is C25H33NO3. The van der Waals surface area contributed by atoms with Crippen LogP contribution in [-0.4, -0.2) is 36.4 Å². The highest BCUT2D eigenvalue weighted by Crippen LogP contribution is 2.51. The maximum atomic E-state index is 11.5. The summed E-state index contributed by atoms with van der Waals surface area (Å²) in [4.78, 5) is 2.53. The van der Waals surface area contributed by atoms with E-state index in [4.69, 9.17) is 9.47 Å².